The van der Waals surface area contributed by atoms with Crippen molar-refractivity contribution < 1.29 is 32.4 Å². The van der Waals surface area contributed by atoms with E-state index in [2.05, 4.69) is 27.0 Å². The topological polar surface area (TPSA) is 94.7 Å². The van der Waals surface area contributed by atoms with Gasteiger partial charge in [0, 0.05) is 55.1 Å². The number of anilines is 1. The van der Waals surface area contributed by atoms with Gasteiger partial charge in [0.05, 0.1) is 11.3 Å². The molecule has 0 radical (unpaired) electrons. The predicted molar refractivity (Wildman–Crippen MR) is 131 cm³/mol. The largest absolute Gasteiger partial charge is 0.493 e. The fourth-order valence-corrected chi connectivity index (χ4v) is 5.10. The number of aryl methyl sites for hydroxylation is 1. The van der Waals surface area contributed by atoms with Crippen LogP contribution in [0.3, 0.4) is 0 Å². The SMILES string of the molecule is CCC1CN(C(CC=O)c2c(C)[nH]c(/C=C3\C(=O)N(OC(=O)C(F)(F)F)c4ccccc43)c2C)CCN1. The highest BCUT2D eigenvalue weighted by Gasteiger charge is 2.46. The molecule has 4 rings (SSSR count). The molecule has 0 spiro atoms. The van der Waals surface area contributed by atoms with Gasteiger partial charge in [-0.2, -0.15) is 13.2 Å². The summed E-state index contributed by atoms with van der Waals surface area (Å²) in [6.45, 7) is 8.27. The van der Waals surface area contributed by atoms with Crippen LogP contribution in [0.5, 0.6) is 0 Å². The molecule has 1 amide bonds. The number of piperazine rings is 1. The fraction of sp³-hybridized carbons (Fsp3) is 0.423. The molecule has 2 aliphatic rings. The van der Waals surface area contributed by atoms with Crippen LogP contribution in [-0.4, -0.2) is 59.9 Å². The molecule has 198 valence electrons. The number of aromatic nitrogens is 1. The van der Waals surface area contributed by atoms with E-state index in [1.54, 1.807) is 18.2 Å². The van der Waals surface area contributed by atoms with E-state index in [1.807, 2.05) is 13.8 Å². The van der Waals surface area contributed by atoms with Gasteiger partial charge in [-0.05, 0) is 43.5 Å². The lowest BCUT2D eigenvalue weighted by molar-refractivity contribution is -0.201. The number of hydroxylamine groups is 1. The van der Waals surface area contributed by atoms with Gasteiger partial charge in [-0.1, -0.05) is 25.1 Å². The Morgan fingerprint density at radius 3 is 2.68 bits per heavy atom. The van der Waals surface area contributed by atoms with Gasteiger partial charge in [0.25, 0.3) is 5.91 Å². The van der Waals surface area contributed by atoms with E-state index in [0.29, 0.717) is 28.8 Å². The van der Waals surface area contributed by atoms with Gasteiger partial charge in [0.2, 0.25) is 0 Å². The fourth-order valence-electron chi connectivity index (χ4n) is 5.10. The highest BCUT2D eigenvalue weighted by molar-refractivity contribution is 6.35. The summed E-state index contributed by atoms with van der Waals surface area (Å²) in [5, 5.41) is 3.85. The summed E-state index contributed by atoms with van der Waals surface area (Å²) in [7, 11) is 0. The Kier molecular flexibility index (Phi) is 7.56. The number of nitrogens with zero attached hydrogens (tertiary/aromatic N) is 2. The van der Waals surface area contributed by atoms with E-state index in [0.717, 1.165) is 49.2 Å². The number of hydrogen-bond acceptors (Lipinski definition) is 6. The minimum atomic E-state index is -5.25. The maximum atomic E-state index is 13.1. The minimum absolute atomic E-state index is 0.0442. The summed E-state index contributed by atoms with van der Waals surface area (Å²) in [5.74, 6) is -3.37. The third-order valence-electron chi connectivity index (χ3n) is 6.93. The number of alkyl halides is 3. The zero-order chi connectivity index (χ0) is 26.9. The van der Waals surface area contributed by atoms with Crippen LogP contribution in [0, 0.1) is 13.8 Å². The summed E-state index contributed by atoms with van der Waals surface area (Å²) >= 11 is 0. The predicted octanol–water partition coefficient (Wildman–Crippen LogP) is 3.85. The lowest BCUT2D eigenvalue weighted by atomic mass is 9.96. The number of carbonyl (C=O) groups is 3. The van der Waals surface area contributed by atoms with Gasteiger partial charge in [0.15, 0.2) is 0 Å². The molecule has 2 aromatic rings. The zero-order valence-corrected chi connectivity index (χ0v) is 20.8. The second kappa shape index (κ2) is 10.5. The number of amides is 1. The number of aromatic amines is 1. The third-order valence-corrected chi connectivity index (χ3v) is 6.93. The van der Waals surface area contributed by atoms with Crippen LogP contribution in [-0.2, 0) is 19.2 Å². The Morgan fingerprint density at radius 1 is 1.27 bits per heavy atom. The number of halogens is 3. The molecule has 0 aliphatic carbocycles. The standard InChI is InChI=1S/C26H29F3N4O4/c1-4-17-14-32(11-10-30-17)22(9-12-34)23-15(2)20(31-16(23)3)13-19-18-7-5-6-8-21(18)33(24(19)35)37-25(36)26(27,28)29/h5-8,12-13,17,22,30-31H,4,9-11,14H2,1-3H3/b19-13-. The van der Waals surface area contributed by atoms with Crippen molar-refractivity contribution in [3.05, 3.63) is 52.3 Å². The van der Waals surface area contributed by atoms with E-state index in [9.17, 15) is 27.6 Å². The molecule has 0 bridgehead atoms. The summed E-state index contributed by atoms with van der Waals surface area (Å²) in [5.41, 5.74) is 3.68. The zero-order valence-electron chi connectivity index (χ0n) is 20.8. The first kappa shape index (κ1) is 26.6. The van der Waals surface area contributed by atoms with E-state index in [4.69, 9.17) is 0 Å². The average Bonchev–Trinajstić information content (AvgIpc) is 3.29. The van der Waals surface area contributed by atoms with Crippen molar-refractivity contribution in [3.63, 3.8) is 0 Å². The molecular formula is C26H29F3N4O4. The summed E-state index contributed by atoms with van der Waals surface area (Å²) in [6, 6.07) is 6.32. The first-order valence-corrected chi connectivity index (χ1v) is 12.1. The van der Waals surface area contributed by atoms with E-state index < -0.39 is 18.1 Å². The second-order valence-electron chi connectivity index (χ2n) is 9.23. The Bertz CT molecular complexity index is 1240. The Labute approximate surface area is 212 Å². The molecule has 0 saturated carbocycles. The molecule has 1 fully saturated rings. The third kappa shape index (κ3) is 5.19. The Hall–Kier alpha value is -3.44. The summed E-state index contributed by atoms with van der Waals surface area (Å²) < 4.78 is 38.5. The molecule has 3 heterocycles. The molecule has 2 atom stereocenters. The van der Waals surface area contributed by atoms with Crippen molar-refractivity contribution in [2.75, 3.05) is 24.7 Å². The maximum absolute atomic E-state index is 13.1. The lowest BCUT2D eigenvalue weighted by Crippen LogP contribution is -2.51. The van der Waals surface area contributed by atoms with Crippen molar-refractivity contribution in [3.8, 4) is 0 Å². The van der Waals surface area contributed by atoms with Crippen LogP contribution in [0.1, 0.15) is 53.9 Å². The number of benzene rings is 1. The Balaban J connectivity index is 1.71. The molecule has 2 aliphatic heterocycles. The average molecular weight is 519 g/mol. The Morgan fingerprint density at radius 2 is 2.00 bits per heavy atom. The summed E-state index contributed by atoms with van der Waals surface area (Å²) in [4.78, 5) is 46.2. The van der Waals surface area contributed by atoms with Crippen molar-refractivity contribution in [2.24, 2.45) is 0 Å². The quantitative estimate of drug-likeness (QED) is 0.427. The van der Waals surface area contributed by atoms with E-state index in [1.165, 1.54) is 12.1 Å². The number of aldehydes is 1. The molecule has 1 aromatic carbocycles. The molecule has 1 saturated heterocycles. The van der Waals surface area contributed by atoms with Gasteiger partial charge in [-0.3, -0.25) is 9.69 Å². The first-order valence-electron chi connectivity index (χ1n) is 12.1. The van der Waals surface area contributed by atoms with Gasteiger partial charge in [0.1, 0.15) is 6.29 Å². The first-order chi connectivity index (χ1) is 17.6. The van der Waals surface area contributed by atoms with Crippen LogP contribution in [0.2, 0.25) is 0 Å². The highest BCUT2D eigenvalue weighted by Crippen LogP contribution is 2.40. The smallest absolute Gasteiger partial charge is 0.359 e. The normalized spacial score (nSPS) is 20.3. The van der Waals surface area contributed by atoms with E-state index in [-0.39, 0.29) is 17.3 Å². The van der Waals surface area contributed by atoms with Crippen LogP contribution in [0.4, 0.5) is 18.9 Å². The number of H-pyrrole nitrogens is 1. The van der Waals surface area contributed by atoms with Gasteiger partial charge >= 0.3 is 12.1 Å². The van der Waals surface area contributed by atoms with Crippen LogP contribution in [0.25, 0.3) is 11.6 Å². The summed E-state index contributed by atoms with van der Waals surface area (Å²) in [6.07, 6.45) is -1.53. The monoisotopic (exact) mass is 518 g/mol. The highest BCUT2D eigenvalue weighted by atomic mass is 19.4. The second-order valence-corrected chi connectivity index (χ2v) is 9.23. The van der Waals surface area contributed by atoms with Crippen molar-refractivity contribution in [1.82, 2.24) is 15.2 Å². The number of fused-ring (bicyclic) bond motifs is 1. The molecule has 1 aromatic heterocycles. The maximum Gasteiger partial charge on any atom is 0.493 e. The molecule has 8 nitrogen and oxygen atoms in total. The van der Waals surface area contributed by atoms with Crippen LogP contribution < -0.4 is 10.4 Å². The van der Waals surface area contributed by atoms with Gasteiger partial charge in [-0.15, -0.1) is 5.06 Å². The van der Waals surface area contributed by atoms with E-state index >= 15 is 0 Å². The molecule has 2 N–H and O–H groups in total. The van der Waals surface area contributed by atoms with Crippen molar-refractivity contribution in [1.29, 1.82) is 0 Å². The lowest BCUT2D eigenvalue weighted by Gasteiger charge is -2.38. The molecule has 11 heteroatoms. The number of para-hydroxylation sites is 1. The van der Waals surface area contributed by atoms with Crippen LogP contribution >= 0.6 is 0 Å². The van der Waals surface area contributed by atoms with Crippen LogP contribution in [0.15, 0.2) is 24.3 Å². The van der Waals surface area contributed by atoms with Crippen molar-refractivity contribution in [2.45, 2.75) is 51.9 Å². The molecular weight excluding hydrogens is 489 g/mol. The molecule has 37 heavy (non-hydrogen) atoms. The van der Waals surface area contributed by atoms with Crippen molar-refractivity contribution >= 4 is 35.5 Å². The number of carbonyl (C=O) groups excluding carboxylic acids is 3. The van der Waals surface area contributed by atoms with Gasteiger partial charge < -0.3 is 19.9 Å². The number of nitrogens with one attached hydrogen (secondary N) is 2. The number of hydrogen-bond donors (Lipinski definition) is 2. The molecule has 2 unspecified atom stereocenters. The number of rotatable bonds is 7. The van der Waals surface area contributed by atoms with Gasteiger partial charge in [-0.25, -0.2) is 4.79 Å². The minimum Gasteiger partial charge on any atom is -0.359 e.